The Morgan fingerprint density at radius 3 is 2.24 bits per heavy atom. The Kier molecular flexibility index (Phi) is 4.12. The highest BCUT2D eigenvalue weighted by molar-refractivity contribution is 14.1. The van der Waals surface area contributed by atoms with Gasteiger partial charge in [-0.2, -0.15) is 8.42 Å². The zero-order chi connectivity index (χ0) is 13.4. The van der Waals surface area contributed by atoms with Gasteiger partial charge in [0.2, 0.25) is 0 Å². The lowest BCUT2D eigenvalue weighted by atomic mass is 9.79. The summed E-state index contributed by atoms with van der Waals surface area (Å²) in [6.07, 6.45) is 0. The summed E-state index contributed by atoms with van der Waals surface area (Å²) in [5.74, 6) is -1.03. The van der Waals surface area contributed by atoms with Crippen LogP contribution in [0, 0.1) is 10.5 Å². The Hall–Kier alpha value is -0.315. The van der Waals surface area contributed by atoms with Gasteiger partial charge in [-0.25, -0.2) is 0 Å². The van der Waals surface area contributed by atoms with Gasteiger partial charge in [-0.3, -0.25) is 0 Å². The maximum Gasteiger partial charge on any atom is 0.509 e. The Bertz CT molecular complexity index is 541. The first kappa shape index (κ1) is 14.7. The normalized spacial score (nSPS) is 12.8. The Labute approximate surface area is 110 Å². The van der Waals surface area contributed by atoms with E-state index < -0.39 is 28.4 Å². The lowest BCUT2D eigenvalue weighted by Crippen LogP contribution is -2.35. The molecule has 2 nitrogen and oxygen atoms in total. The molecule has 1 rings (SSSR count). The lowest BCUT2D eigenvalue weighted by Gasteiger charge is -2.18. The smallest absolute Gasteiger partial charge is 0.445 e. The predicted molar refractivity (Wildman–Crippen MR) is 66.3 cm³/mol. The average molecular weight is 381 g/mol. The fraction of sp³-hybridized carbons (Fsp3) is 0.250. The zero-order valence-electron chi connectivity index (χ0n) is 8.55. The monoisotopic (exact) mass is 381 g/mol. The summed E-state index contributed by atoms with van der Waals surface area (Å²) >= 11 is 1.66. The molecule has 1 aromatic carbocycles. The fourth-order valence-corrected chi connectivity index (χ4v) is 2.66. The van der Waals surface area contributed by atoms with Gasteiger partial charge >= 0.3 is 17.2 Å². The van der Waals surface area contributed by atoms with Gasteiger partial charge in [-0.1, -0.05) is 12.1 Å². The van der Waals surface area contributed by atoms with Gasteiger partial charge in [0.1, 0.15) is 5.75 Å². The van der Waals surface area contributed by atoms with Crippen molar-refractivity contribution in [3.8, 4) is 0 Å². The molecule has 0 aliphatic rings. The summed E-state index contributed by atoms with van der Waals surface area (Å²) < 4.78 is 71.3. The van der Waals surface area contributed by atoms with Crippen LogP contribution in [0.2, 0.25) is 0 Å². The summed E-state index contributed by atoms with van der Waals surface area (Å²) in [5, 5.41) is 0. The molecule has 0 aliphatic heterocycles. The van der Waals surface area contributed by atoms with E-state index in [1.807, 2.05) is 0 Å². The van der Waals surface area contributed by atoms with Crippen molar-refractivity contribution in [2.24, 2.45) is 0 Å². The molecule has 0 radical (unpaired) electrons. The van der Waals surface area contributed by atoms with Gasteiger partial charge in [-0.15, -0.1) is 9.35 Å². The van der Waals surface area contributed by atoms with Gasteiger partial charge < -0.3 is 12.9 Å². The molecule has 0 amide bonds. The highest BCUT2D eigenvalue weighted by Gasteiger charge is 2.27. The van der Waals surface area contributed by atoms with Crippen LogP contribution in [-0.4, -0.2) is 15.4 Å². The standard InChI is InChI=1S/C8H7BF4IO2S/c1-5-6(4-17(13,15)16)2-7(3-8(5)14)9(10,11)12/h2-3H,4H2,1H3/q-1. The van der Waals surface area contributed by atoms with E-state index in [2.05, 4.69) is 0 Å². The molecule has 0 aromatic heterocycles. The second-order valence-corrected chi connectivity index (χ2v) is 6.07. The average Bonchev–Trinajstić information content (AvgIpc) is 2.08. The minimum atomic E-state index is -5.23. The molecule has 0 N–H and O–H groups in total. The van der Waals surface area contributed by atoms with Crippen molar-refractivity contribution in [2.45, 2.75) is 12.7 Å². The molecule has 0 atom stereocenters. The fourth-order valence-electron chi connectivity index (χ4n) is 1.28. The quantitative estimate of drug-likeness (QED) is 0.349. The maximum absolute atomic E-state index is 12.5. The predicted octanol–water partition coefficient (Wildman–Crippen LogP) is 2.45. The van der Waals surface area contributed by atoms with E-state index in [1.54, 1.807) is 22.6 Å². The molecule has 0 fully saturated rings. The molecule has 17 heavy (non-hydrogen) atoms. The van der Waals surface area contributed by atoms with Crippen LogP contribution in [0.1, 0.15) is 11.1 Å². The van der Waals surface area contributed by atoms with Crippen LogP contribution >= 0.6 is 22.6 Å². The first-order valence-electron chi connectivity index (χ1n) is 4.42. The van der Waals surface area contributed by atoms with Gasteiger partial charge in [0, 0.05) is 3.57 Å². The van der Waals surface area contributed by atoms with Gasteiger partial charge in [0.15, 0.2) is 0 Å². The lowest BCUT2D eigenvalue weighted by molar-refractivity contribution is 0.500. The third kappa shape index (κ3) is 4.13. The Morgan fingerprint density at radius 1 is 1.29 bits per heavy atom. The van der Waals surface area contributed by atoms with E-state index in [0.717, 1.165) is 6.07 Å². The number of hydrogen-bond acceptors (Lipinski definition) is 2. The molecule has 0 saturated heterocycles. The molecule has 1 aromatic rings. The number of halogens is 5. The minimum absolute atomic E-state index is 0.159. The second-order valence-electron chi connectivity index (χ2n) is 3.54. The molecule has 0 bridgehead atoms. The third-order valence-electron chi connectivity index (χ3n) is 2.18. The van der Waals surface area contributed by atoms with Crippen LogP contribution in [0.15, 0.2) is 12.1 Å². The van der Waals surface area contributed by atoms with E-state index in [4.69, 9.17) is 0 Å². The van der Waals surface area contributed by atoms with Crippen molar-refractivity contribution >= 4 is 45.3 Å². The number of benzene rings is 1. The summed E-state index contributed by atoms with van der Waals surface area (Å²) in [6, 6.07) is 1.61. The maximum atomic E-state index is 12.5. The highest BCUT2D eigenvalue weighted by atomic mass is 127. The zero-order valence-corrected chi connectivity index (χ0v) is 11.5. The van der Waals surface area contributed by atoms with Crippen molar-refractivity contribution < 1.29 is 25.3 Å². The Morgan fingerprint density at radius 2 is 1.82 bits per heavy atom. The molecule has 9 heteroatoms. The second kappa shape index (κ2) is 4.75. The molecule has 0 aliphatic carbocycles. The van der Waals surface area contributed by atoms with Crippen LogP contribution in [0.3, 0.4) is 0 Å². The van der Waals surface area contributed by atoms with Crippen LogP contribution in [0.25, 0.3) is 0 Å². The van der Waals surface area contributed by atoms with Crippen LogP contribution < -0.4 is 5.46 Å². The summed E-state index contributed by atoms with van der Waals surface area (Å²) in [5.41, 5.74) is -0.733. The van der Waals surface area contributed by atoms with E-state index in [0.29, 0.717) is 11.6 Å². The van der Waals surface area contributed by atoms with Crippen molar-refractivity contribution in [1.29, 1.82) is 0 Å². The number of hydrogen-bond donors (Lipinski definition) is 0. The van der Waals surface area contributed by atoms with Crippen molar-refractivity contribution in [3.05, 3.63) is 26.8 Å². The Balaban J connectivity index is 3.36. The van der Waals surface area contributed by atoms with E-state index >= 15 is 0 Å². The highest BCUT2D eigenvalue weighted by Crippen LogP contribution is 2.21. The largest absolute Gasteiger partial charge is 0.509 e. The first-order valence-corrected chi connectivity index (χ1v) is 7.05. The molecular formula is C8H7BF4IO2S-. The van der Waals surface area contributed by atoms with Crippen LogP contribution in [-0.2, 0) is 16.0 Å². The van der Waals surface area contributed by atoms with Crippen molar-refractivity contribution in [3.63, 3.8) is 0 Å². The summed E-state index contributed by atoms with van der Waals surface area (Å²) in [6.45, 7) is -3.77. The summed E-state index contributed by atoms with van der Waals surface area (Å²) in [7, 11) is -4.84. The van der Waals surface area contributed by atoms with Gasteiger partial charge in [0.25, 0.3) is 0 Å². The molecule has 0 saturated carbocycles. The van der Waals surface area contributed by atoms with Crippen LogP contribution in [0.4, 0.5) is 16.8 Å². The minimum Gasteiger partial charge on any atom is -0.445 e. The van der Waals surface area contributed by atoms with Crippen molar-refractivity contribution in [1.82, 2.24) is 0 Å². The van der Waals surface area contributed by atoms with Gasteiger partial charge in [-0.05, 0) is 40.6 Å². The number of rotatable bonds is 3. The first-order chi connectivity index (χ1) is 7.50. The van der Waals surface area contributed by atoms with Crippen molar-refractivity contribution in [2.75, 3.05) is 0 Å². The SMILES string of the molecule is Cc1c(I)cc([B-](F)(F)F)cc1CS(=O)(=O)F. The molecule has 0 unspecified atom stereocenters. The van der Waals surface area contributed by atoms with Crippen LogP contribution in [0.5, 0.6) is 0 Å². The van der Waals surface area contributed by atoms with Gasteiger partial charge in [0.05, 0.1) is 0 Å². The molecule has 96 valence electrons. The van der Waals surface area contributed by atoms with E-state index in [-0.39, 0.29) is 9.13 Å². The van der Waals surface area contributed by atoms with E-state index in [9.17, 15) is 25.3 Å². The van der Waals surface area contributed by atoms with E-state index in [1.165, 1.54) is 6.92 Å². The topological polar surface area (TPSA) is 34.1 Å². The summed E-state index contributed by atoms with van der Waals surface area (Å²) in [4.78, 5) is 0. The molecule has 0 heterocycles. The molecule has 0 spiro atoms. The third-order valence-corrected chi connectivity index (χ3v) is 3.96. The molecular weight excluding hydrogens is 374 g/mol.